The quantitative estimate of drug-likeness (QED) is 0.717. The first-order chi connectivity index (χ1) is 7.16. The fourth-order valence-electron chi connectivity index (χ4n) is 1.41. The average Bonchev–Trinajstić information content (AvgIpc) is 2.66. The number of aliphatic hydroxyl groups excluding tert-OH is 1. The van der Waals surface area contributed by atoms with E-state index >= 15 is 0 Å². The van der Waals surface area contributed by atoms with Crippen LogP contribution in [0, 0.1) is 0 Å². The van der Waals surface area contributed by atoms with Crippen LogP contribution in [0.5, 0.6) is 0 Å². The van der Waals surface area contributed by atoms with Crippen LogP contribution in [0.4, 0.5) is 0 Å². The first-order valence-electron chi connectivity index (χ1n) is 5.22. The van der Waals surface area contributed by atoms with Gasteiger partial charge in [-0.2, -0.15) is 0 Å². The largest absolute Gasteiger partial charge is 0.396 e. The Bertz CT molecular complexity index is 318. The van der Waals surface area contributed by atoms with Gasteiger partial charge in [0.05, 0.1) is 0 Å². The number of amides is 1. The number of rotatable bonds is 5. The standard InChI is InChI=1S/C11H18N2O2/c1-9(2)13-7-3-5-10(13)11(15)12-6-4-8-14/h3,5,7,9,14H,4,6,8H2,1-2H3,(H,12,15). The number of carbonyl (C=O) groups excluding carboxylic acids is 1. The van der Waals surface area contributed by atoms with Gasteiger partial charge in [-0.3, -0.25) is 4.79 Å². The molecule has 4 nitrogen and oxygen atoms in total. The molecule has 0 aliphatic heterocycles. The minimum Gasteiger partial charge on any atom is -0.396 e. The van der Waals surface area contributed by atoms with E-state index in [0.29, 0.717) is 18.7 Å². The van der Waals surface area contributed by atoms with E-state index in [1.165, 1.54) is 0 Å². The Morgan fingerprint density at radius 1 is 1.60 bits per heavy atom. The van der Waals surface area contributed by atoms with Gasteiger partial charge in [-0.1, -0.05) is 0 Å². The Balaban J connectivity index is 2.61. The second-order valence-electron chi connectivity index (χ2n) is 3.73. The summed E-state index contributed by atoms with van der Waals surface area (Å²) in [6, 6.07) is 3.94. The van der Waals surface area contributed by atoms with Gasteiger partial charge in [-0.15, -0.1) is 0 Å². The molecule has 1 aromatic rings. The second-order valence-corrected chi connectivity index (χ2v) is 3.73. The SMILES string of the molecule is CC(C)n1cccc1C(=O)NCCCO. The van der Waals surface area contributed by atoms with Crippen molar-refractivity contribution in [1.29, 1.82) is 0 Å². The normalized spacial score (nSPS) is 10.7. The lowest BCUT2D eigenvalue weighted by Crippen LogP contribution is -2.27. The minimum atomic E-state index is -0.0813. The summed E-state index contributed by atoms with van der Waals surface area (Å²) in [5.41, 5.74) is 0.669. The first-order valence-corrected chi connectivity index (χ1v) is 5.22. The molecule has 1 heterocycles. The first kappa shape index (κ1) is 11.8. The molecule has 0 atom stereocenters. The van der Waals surface area contributed by atoms with Crippen molar-refractivity contribution < 1.29 is 9.90 Å². The van der Waals surface area contributed by atoms with E-state index in [1.807, 2.05) is 30.7 Å². The van der Waals surface area contributed by atoms with Gasteiger partial charge < -0.3 is 15.0 Å². The second kappa shape index (κ2) is 5.56. The Morgan fingerprint density at radius 3 is 2.93 bits per heavy atom. The number of hydrogen-bond donors (Lipinski definition) is 2. The number of aliphatic hydroxyl groups is 1. The molecule has 0 bridgehead atoms. The lowest BCUT2D eigenvalue weighted by molar-refractivity contribution is 0.0940. The molecule has 0 unspecified atom stereocenters. The van der Waals surface area contributed by atoms with Gasteiger partial charge in [0.25, 0.3) is 5.91 Å². The van der Waals surface area contributed by atoms with E-state index in [1.54, 1.807) is 6.07 Å². The molecule has 15 heavy (non-hydrogen) atoms. The van der Waals surface area contributed by atoms with Crippen LogP contribution in [0.3, 0.4) is 0 Å². The summed E-state index contributed by atoms with van der Waals surface area (Å²) in [6.45, 7) is 4.68. The van der Waals surface area contributed by atoms with E-state index in [4.69, 9.17) is 5.11 Å². The number of aromatic nitrogens is 1. The molecule has 0 saturated carbocycles. The predicted octanol–water partition coefficient (Wildman–Crippen LogP) is 1.18. The highest BCUT2D eigenvalue weighted by atomic mass is 16.3. The van der Waals surface area contributed by atoms with Crippen LogP contribution in [-0.2, 0) is 0 Å². The minimum absolute atomic E-state index is 0.0813. The smallest absolute Gasteiger partial charge is 0.267 e. The third kappa shape index (κ3) is 3.09. The molecule has 0 aliphatic carbocycles. The van der Waals surface area contributed by atoms with Crippen LogP contribution >= 0.6 is 0 Å². The van der Waals surface area contributed by atoms with Gasteiger partial charge in [0.2, 0.25) is 0 Å². The molecule has 1 rings (SSSR count). The van der Waals surface area contributed by atoms with Crippen LogP contribution in [-0.4, -0.2) is 28.7 Å². The molecule has 4 heteroatoms. The topological polar surface area (TPSA) is 54.3 Å². The van der Waals surface area contributed by atoms with Crippen molar-refractivity contribution in [3.05, 3.63) is 24.0 Å². The molecule has 84 valence electrons. The molecule has 2 N–H and O–H groups in total. The van der Waals surface area contributed by atoms with Gasteiger partial charge in [-0.25, -0.2) is 0 Å². The number of carbonyl (C=O) groups is 1. The van der Waals surface area contributed by atoms with Crippen molar-refractivity contribution in [1.82, 2.24) is 9.88 Å². The summed E-state index contributed by atoms with van der Waals surface area (Å²) in [6.07, 6.45) is 2.49. The highest BCUT2D eigenvalue weighted by Crippen LogP contribution is 2.10. The maximum absolute atomic E-state index is 11.7. The lowest BCUT2D eigenvalue weighted by Gasteiger charge is -2.12. The van der Waals surface area contributed by atoms with Crippen molar-refractivity contribution in [2.45, 2.75) is 26.3 Å². The van der Waals surface area contributed by atoms with E-state index in [0.717, 1.165) is 0 Å². The van der Waals surface area contributed by atoms with Gasteiger partial charge in [0.15, 0.2) is 0 Å². The van der Waals surface area contributed by atoms with E-state index in [-0.39, 0.29) is 18.6 Å². The molecular weight excluding hydrogens is 192 g/mol. The summed E-state index contributed by atoms with van der Waals surface area (Å²) in [7, 11) is 0. The molecule has 0 aliphatic rings. The maximum Gasteiger partial charge on any atom is 0.267 e. The summed E-state index contributed by atoms with van der Waals surface area (Å²) in [5.74, 6) is -0.0813. The number of hydrogen-bond acceptors (Lipinski definition) is 2. The van der Waals surface area contributed by atoms with Gasteiger partial charge in [0.1, 0.15) is 5.69 Å². The fraction of sp³-hybridized carbons (Fsp3) is 0.545. The zero-order valence-corrected chi connectivity index (χ0v) is 9.23. The number of nitrogens with zero attached hydrogens (tertiary/aromatic N) is 1. The van der Waals surface area contributed by atoms with Crippen LogP contribution in [0.25, 0.3) is 0 Å². The Labute approximate surface area is 89.9 Å². The average molecular weight is 210 g/mol. The Kier molecular flexibility index (Phi) is 4.37. The van der Waals surface area contributed by atoms with E-state index < -0.39 is 0 Å². The predicted molar refractivity (Wildman–Crippen MR) is 58.9 cm³/mol. The third-order valence-corrected chi connectivity index (χ3v) is 2.19. The number of nitrogens with one attached hydrogen (secondary N) is 1. The zero-order valence-electron chi connectivity index (χ0n) is 9.23. The zero-order chi connectivity index (χ0) is 11.3. The van der Waals surface area contributed by atoms with Gasteiger partial charge >= 0.3 is 0 Å². The Morgan fingerprint density at radius 2 is 2.33 bits per heavy atom. The van der Waals surface area contributed by atoms with Crippen molar-refractivity contribution >= 4 is 5.91 Å². The fourth-order valence-corrected chi connectivity index (χ4v) is 1.41. The summed E-state index contributed by atoms with van der Waals surface area (Å²) < 4.78 is 1.92. The van der Waals surface area contributed by atoms with Crippen LogP contribution < -0.4 is 5.32 Å². The molecule has 0 aromatic carbocycles. The van der Waals surface area contributed by atoms with Crippen LogP contribution in [0.15, 0.2) is 18.3 Å². The summed E-state index contributed by atoms with van der Waals surface area (Å²) in [5, 5.41) is 11.4. The molecule has 0 radical (unpaired) electrons. The van der Waals surface area contributed by atoms with Gasteiger partial charge in [0, 0.05) is 25.4 Å². The van der Waals surface area contributed by atoms with Crippen molar-refractivity contribution in [2.75, 3.05) is 13.2 Å². The third-order valence-electron chi connectivity index (χ3n) is 2.19. The molecule has 1 amide bonds. The molecule has 0 fully saturated rings. The Hall–Kier alpha value is -1.29. The van der Waals surface area contributed by atoms with Crippen molar-refractivity contribution in [2.24, 2.45) is 0 Å². The van der Waals surface area contributed by atoms with Crippen LogP contribution in [0.2, 0.25) is 0 Å². The van der Waals surface area contributed by atoms with Gasteiger partial charge in [-0.05, 0) is 32.4 Å². The van der Waals surface area contributed by atoms with E-state index in [9.17, 15) is 4.79 Å². The molecule has 1 aromatic heterocycles. The summed E-state index contributed by atoms with van der Waals surface area (Å²) in [4.78, 5) is 11.7. The van der Waals surface area contributed by atoms with Crippen molar-refractivity contribution in [3.8, 4) is 0 Å². The summed E-state index contributed by atoms with van der Waals surface area (Å²) >= 11 is 0. The van der Waals surface area contributed by atoms with Crippen molar-refractivity contribution in [3.63, 3.8) is 0 Å². The van der Waals surface area contributed by atoms with E-state index in [2.05, 4.69) is 5.32 Å². The molecular formula is C11H18N2O2. The molecule has 0 spiro atoms. The van der Waals surface area contributed by atoms with Crippen LogP contribution in [0.1, 0.15) is 36.8 Å². The highest BCUT2D eigenvalue weighted by Gasteiger charge is 2.11. The highest BCUT2D eigenvalue weighted by molar-refractivity contribution is 5.92. The lowest BCUT2D eigenvalue weighted by atomic mass is 10.3. The molecule has 0 saturated heterocycles. The maximum atomic E-state index is 11.7. The monoisotopic (exact) mass is 210 g/mol.